The van der Waals surface area contributed by atoms with E-state index in [1.807, 2.05) is 25.7 Å². The van der Waals surface area contributed by atoms with E-state index < -0.39 is 43.1 Å². The molecule has 280 valence electrons. The largest absolute Gasteiger partial charge is 0.612 e. The van der Waals surface area contributed by atoms with Crippen molar-refractivity contribution in [2.45, 2.75) is 118 Å². The van der Waals surface area contributed by atoms with E-state index in [2.05, 4.69) is 14.8 Å². The van der Waals surface area contributed by atoms with Crippen LogP contribution in [-0.2, 0) is 21.0 Å². The van der Waals surface area contributed by atoms with Crippen molar-refractivity contribution in [3.05, 3.63) is 48.2 Å². The second-order valence-corrected chi connectivity index (χ2v) is 19.7. The predicted molar refractivity (Wildman–Crippen MR) is 200 cm³/mol. The van der Waals surface area contributed by atoms with Gasteiger partial charge in [0.15, 0.2) is 16.5 Å². The maximum absolute atomic E-state index is 15.9. The van der Waals surface area contributed by atoms with Gasteiger partial charge < -0.3 is 24.0 Å². The highest BCUT2D eigenvalue weighted by molar-refractivity contribution is 7.91. The zero-order valence-corrected chi connectivity index (χ0v) is 32.6. The lowest BCUT2D eigenvalue weighted by Crippen LogP contribution is -2.52. The van der Waals surface area contributed by atoms with Crippen molar-refractivity contribution in [1.82, 2.24) is 14.8 Å². The summed E-state index contributed by atoms with van der Waals surface area (Å²) < 4.78 is 78.8. The van der Waals surface area contributed by atoms with E-state index in [1.165, 1.54) is 57.5 Å². The highest BCUT2D eigenvalue weighted by atomic mass is 32.2. The van der Waals surface area contributed by atoms with Gasteiger partial charge in [0, 0.05) is 42.8 Å². The molecule has 1 unspecified atom stereocenters. The van der Waals surface area contributed by atoms with E-state index in [1.54, 1.807) is 38.3 Å². The fraction of sp³-hybridized carbons (Fsp3) is 0.615. The SMILES string of the molecule is C[S+]([O-])c1ccc2ncc(S(=O)(=O)c3ccc(OC(C)(C)CC(C)(C)C)c(F)c3F)c(N3CCC(N4CCC(N5CCCCC5)CC4)CC3)c2c1. The van der Waals surface area contributed by atoms with Gasteiger partial charge in [-0.3, -0.25) is 4.98 Å². The summed E-state index contributed by atoms with van der Waals surface area (Å²) in [6.07, 6.45) is 11.4. The number of nitrogens with zero attached hydrogens (tertiary/aromatic N) is 4. The number of pyridine rings is 1. The number of anilines is 1. The van der Waals surface area contributed by atoms with Crippen LogP contribution in [0.25, 0.3) is 10.9 Å². The van der Waals surface area contributed by atoms with Crippen molar-refractivity contribution >= 4 is 37.6 Å². The Morgan fingerprint density at radius 3 is 2.06 bits per heavy atom. The van der Waals surface area contributed by atoms with Crippen LogP contribution in [0.1, 0.15) is 86.0 Å². The molecule has 0 spiro atoms. The van der Waals surface area contributed by atoms with Crippen molar-refractivity contribution in [1.29, 1.82) is 0 Å². The Morgan fingerprint density at radius 1 is 0.843 bits per heavy atom. The number of aromatic nitrogens is 1. The van der Waals surface area contributed by atoms with Crippen molar-refractivity contribution in [3.8, 4) is 5.75 Å². The van der Waals surface area contributed by atoms with E-state index in [0.29, 0.717) is 53.1 Å². The number of halogens is 2. The van der Waals surface area contributed by atoms with Gasteiger partial charge in [0.25, 0.3) is 0 Å². The molecule has 0 amide bonds. The molecule has 0 saturated carbocycles. The Morgan fingerprint density at radius 2 is 1.45 bits per heavy atom. The van der Waals surface area contributed by atoms with Crippen LogP contribution in [0.3, 0.4) is 0 Å². The monoisotopic (exact) mass is 744 g/mol. The molecule has 3 saturated heterocycles. The average Bonchev–Trinajstić information content (AvgIpc) is 3.09. The fourth-order valence-corrected chi connectivity index (χ4v) is 10.8. The maximum atomic E-state index is 15.9. The first-order valence-electron chi connectivity index (χ1n) is 18.5. The highest BCUT2D eigenvalue weighted by Crippen LogP contribution is 2.41. The van der Waals surface area contributed by atoms with Crippen molar-refractivity contribution in [3.63, 3.8) is 0 Å². The smallest absolute Gasteiger partial charge is 0.213 e. The summed E-state index contributed by atoms with van der Waals surface area (Å²) in [5.41, 5.74) is -0.0326. The van der Waals surface area contributed by atoms with Gasteiger partial charge in [-0.25, -0.2) is 12.8 Å². The van der Waals surface area contributed by atoms with E-state index in [4.69, 9.17) is 4.74 Å². The molecule has 1 atom stereocenters. The number of sulfone groups is 1. The summed E-state index contributed by atoms with van der Waals surface area (Å²) in [6, 6.07) is 8.50. The van der Waals surface area contributed by atoms with Crippen molar-refractivity contribution < 1.29 is 26.5 Å². The standard InChI is InChI=1S/C39H54F2N4O4S2/c1-38(2,3)26-39(4,5)49-32-12-13-33(36(41)35(32)40)51(47,48)34-25-42-31-11-10-29(50(6)46)24-30(31)37(34)45-22-16-28(17-23-45)44-20-14-27(15-21-44)43-18-8-7-9-19-43/h10-13,24-25,27-28H,7-9,14-23,26H2,1-6H3. The Hall–Kier alpha value is -2.51. The third kappa shape index (κ3) is 8.51. The predicted octanol–water partition coefficient (Wildman–Crippen LogP) is 7.60. The second-order valence-electron chi connectivity index (χ2n) is 16.5. The normalized spacial score (nSPS) is 20.2. The van der Waals surface area contributed by atoms with Gasteiger partial charge in [0.1, 0.15) is 21.6 Å². The van der Waals surface area contributed by atoms with Gasteiger partial charge in [0.2, 0.25) is 15.7 Å². The van der Waals surface area contributed by atoms with Crippen LogP contribution in [0, 0.1) is 17.0 Å². The van der Waals surface area contributed by atoms with E-state index in [9.17, 15) is 13.0 Å². The van der Waals surface area contributed by atoms with E-state index >= 15 is 8.78 Å². The number of likely N-dealkylation sites (tertiary alicyclic amines) is 2. The van der Waals surface area contributed by atoms with Crippen molar-refractivity contribution in [2.24, 2.45) is 5.41 Å². The minimum Gasteiger partial charge on any atom is -0.612 e. The molecule has 3 aliphatic rings. The Labute approximate surface area is 306 Å². The Bertz CT molecular complexity index is 1810. The molecule has 3 aliphatic heterocycles. The molecule has 6 rings (SSSR count). The lowest BCUT2D eigenvalue weighted by molar-refractivity contribution is 0.0572. The average molecular weight is 745 g/mol. The molecule has 0 radical (unpaired) electrons. The molecule has 3 fully saturated rings. The third-order valence-electron chi connectivity index (χ3n) is 10.7. The molecule has 51 heavy (non-hydrogen) atoms. The summed E-state index contributed by atoms with van der Waals surface area (Å²) in [5, 5.41) is 0.523. The van der Waals surface area contributed by atoms with Crippen LogP contribution in [0.4, 0.5) is 14.5 Å². The van der Waals surface area contributed by atoms with E-state index in [-0.39, 0.29) is 16.1 Å². The lowest BCUT2D eigenvalue weighted by atomic mass is 9.83. The molecular formula is C39H54F2N4O4S2. The van der Waals surface area contributed by atoms with E-state index in [0.717, 1.165) is 32.0 Å². The summed E-state index contributed by atoms with van der Waals surface area (Å²) >= 11 is -1.33. The third-order valence-corrected chi connectivity index (χ3v) is 13.4. The van der Waals surface area contributed by atoms with Gasteiger partial charge in [-0.15, -0.1) is 0 Å². The highest BCUT2D eigenvalue weighted by Gasteiger charge is 2.36. The Balaban J connectivity index is 1.29. The van der Waals surface area contributed by atoms with Crippen LogP contribution in [-0.4, -0.2) is 91.0 Å². The molecule has 4 heterocycles. The zero-order chi connectivity index (χ0) is 36.7. The number of piperidine rings is 3. The van der Waals surface area contributed by atoms with Gasteiger partial charge in [-0.05, 0) is 126 Å². The van der Waals surface area contributed by atoms with Crippen LogP contribution < -0.4 is 9.64 Å². The summed E-state index contributed by atoms with van der Waals surface area (Å²) in [7, 11) is -4.60. The molecule has 2 aromatic carbocycles. The number of hydrogen-bond donors (Lipinski definition) is 0. The minimum absolute atomic E-state index is 0.135. The molecule has 1 aromatic heterocycles. The molecule has 8 nitrogen and oxygen atoms in total. The van der Waals surface area contributed by atoms with Crippen LogP contribution in [0.5, 0.6) is 5.75 Å². The summed E-state index contributed by atoms with van der Waals surface area (Å²) in [5.74, 6) is -3.17. The maximum Gasteiger partial charge on any atom is 0.213 e. The molecular weight excluding hydrogens is 691 g/mol. The first kappa shape index (κ1) is 38.2. The molecule has 0 N–H and O–H groups in total. The molecule has 3 aromatic rings. The number of hydrogen-bond acceptors (Lipinski definition) is 8. The summed E-state index contributed by atoms with van der Waals surface area (Å²) in [4.78, 5) is 11.3. The summed E-state index contributed by atoms with van der Waals surface area (Å²) in [6.45, 7) is 15.4. The quantitative estimate of drug-likeness (QED) is 0.207. The van der Waals surface area contributed by atoms with Gasteiger partial charge in [-0.2, -0.15) is 4.39 Å². The van der Waals surface area contributed by atoms with Crippen LogP contribution in [0.15, 0.2) is 51.2 Å². The minimum atomic E-state index is -4.60. The topological polar surface area (TPSA) is 89.0 Å². The number of fused-ring (bicyclic) bond motifs is 1. The van der Waals surface area contributed by atoms with Gasteiger partial charge in [0.05, 0.1) is 11.2 Å². The van der Waals surface area contributed by atoms with Crippen LogP contribution in [0.2, 0.25) is 0 Å². The number of rotatable bonds is 9. The molecule has 0 aliphatic carbocycles. The van der Waals surface area contributed by atoms with Crippen molar-refractivity contribution in [2.75, 3.05) is 50.4 Å². The number of ether oxygens (including phenoxy) is 1. The first-order valence-corrected chi connectivity index (χ1v) is 21.5. The van der Waals surface area contributed by atoms with Crippen LogP contribution >= 0.6 is 0 Å². The van der Waals surface area contributed by atoms with Gasteiger partial charge in [-0.1, -0.05) is 27.2 Å². The number of benzene rings is 2. The fourth-order valence-electron chi connectivity index (χ4n) is 8.73. The first-order chi connectivity index (χ1) is 24.0. The molecule has 12 heteroatoms. The molecule has 0 bridgehead atoms. The second kappa shape index (κ2) is 15.1. The Kier molecular flexibility index (Phi) is 11.3. The van der Waals surface area contributed by atoms with Gasteiger partial charge >= 0.3 is 0 Å². The lowest BCUT2D eigenvalue weighted by Gasteiger charge is -2.45. The zero-order valence-electron chi connectivity index (χ0n) is 31.0.